The van der Waals surface area contributed by atoms with E-state index in [4.69, 9.17) is 13.3 Å². The van der Waals surface area contributed by atoms with Gasteiger partial charge in [0.2, 0.25) is 0 Å². The van der Waals surface area contributed by atoms with E-state index < -0.39 is 9.05 Å². The van der Waals surface area contributed by atoms with Gasteiger partial charge in [0.15, 0.2) is 0 Å². The van der Waals surface area contributed by atoms with Crippen molar-refractivity contribution in [2.24, 2.45) is 0 Å². The first-order valence-corrected chi connectivity index (χ1v) is 3.10. The van der Waals surface area contributed by atoms with E-state index in [0.717, 1.165) is 0 Å². The maximum absolute atomic E-state index is 9.11. The average Bonchev–Trinajstić information content (AvgIpc) is 0.722. The molecule has 0 bridgehead atoms. The fourth-order valence-corrected chi connectivity index (χ4v) is 0. The number of hydrogen-bond donors (Lipinski definition) is 2. The molecule has 7 heavy (non-hydrogen) atoms. The summed E-state index contributed by atoms with van der Waals surface area (Å²) in [4.78, 5) is 0. The molecule has 2 N–H and O–H groups in total. The van der Waals surface area contributed by atoms with Gasteiger partial charge in [-0.05, 0) is 0 Å². The Kier molecular flexibility index (Phi) is 14.7. The van der Waals surface area contributed by atoms with Gasteiger partial charge in [-0.15, -0.1) is 0 Å². The molecule has 0 amide bonds. The van der Waals surface area contributed by atoms with Crippen LogP contribution in [0, 0.1) is 0 Å². The van der Waals surface area contributed by atoms with Gasteiger partial charge < -0.3 is 1.43 Å². The van der Waals surface area contributed by atoms with Crippen molar-refractivity contribution in [3.63, 3.8) is 0 Å². The summed E-state index contributed by atoms with van der Waals surface area (Å²) < 4.78 is 24.0. The zero-order valence-electron chi connectivity index (χ0n) is 4.62. The van der Waals surface area contributed by atoms with Gasteiger partial charge in [-0.2, -0.15) is 17.7 Å². The van der Waals surface area contributed by atoms with Crippen LogP contribution < -0.4 is 51.4 Å². The zero-order chi connectivity index (χ0) is 4.50. The number of rotatable bonds is 0. The molecule has 0 aromatic rings. The topological polar surface area (TPSA) is 57.5 Å². The average molecular weight is 188 g/mol. The molecule has 0 rings (SSSR count). The fourth-order valence-electron chi connectivity index (χ4n) is 0. The van der Waals surface area contributed by atoms with Crippen molar-refractivity contribution in [3.8, 4) is 0 Å². The molecule has 0 aliphatic heterocycles. The summed E-state index contributed by atoms with van der Waals surface area (Å²) >= 11 is 3.47. The molecule has 0 radical (unpaired) electrons. The van der Waals surface area contributed by atoms with Crippen LogP contribution in [0.3, 0.4) is 0 Å². The Bertz CT molecular complexity index is 97.7. The second-order valence-electron chi connectivity index (χ2n) is 0.448. The summed E-state index contributed by atoms with van der Waals surface area (Å²) in [5, 5.41) is 0. The monoisotopic (exact) mass is 188 g/mol. The largest absolute Gasteiger partial charge is 1.00 e. The first kappa shape index (κ1) is 16.1. The van der Waals surface area contributed by atoms with Crippen LogP contribution in [0.4, 0.5) is 0 Å². The van der Waals surface area contributed by atoms with E-state index >= 15 is 0 Å². The van der Waals surface area contributed by atoms with E-state index in [1.54, 1.807) is 0 Å². The Balaban J connectivity index is -0.0000000267. The first-order chi connectivity index (χ1) is 2.00. The standard InChI is InChI=1S/K.H2O3S2.H2S.H/c;1-5(2,3)4;;/h;(H2,1,2,3,4);1H2;/q+1;;;-1. The molecular formula is H5KO3S3. The van der Waals surface area contributed by atoms with E-state index in [2.05, 4.69) is 11.2 Å². The molecule has 0 saturated heterocycles. The quantitative estimate of drug-likeness (QED) is 0.396. The third-order valence-electron chi connectivity index (χ3n) is 0. The van der Waals surface area contributed by atoms with Gasteiger partial charge in [0.25, 0.3) is 9.05 Å². The van der Waals surface area contributed by atoms with Gasteiger partial charge in [0, 0.05) is 11.2 Å². The van der Waals surface area contributed by atoms with E-state index in [1.165, 1.54) is 0 Å². The molecule has 42 valence electrons. The Morgan fingerprint density at radius 2 is 1.57 bits per heavy atom. The Morgan fingerprint density at radius 3 is 1.57 bits per heavy atom. The second-order valence-corrected chi connectivity index (χ2v) is 2.65. The summed E-state index contributed by atoms with van der Waals surface area (Å²) in [7, 11) is -3.83. The molecule has 0 aromatic heterocycles. The minimum Gasteiger partial charge on any atom is -1.00 e. The molecule has 0 saturated carbocycles. The van der Waals surface area contributed by atoms with Crippen molar-refractivity contribution in [2.45, 2.75) is 0 Å². The molecule has 0 spiro atoms. The van der Waals surface area contributed by atoms with E-state index in [1.807, 2.05) is 0 Å². The van der Waals surface area contributed by atoms with Gasteiger partial charge in [0.05, 0.1) is 0 Å². The molecule has 0 unspecified atom stereocenters. The van der Waals surface area contributed by atoms with Crippen molar-refractivity contribution in [1.82, 2.24) is 0 Å². The van der Waals surface area contributed by atoms with Crippen LogP contribution in [0.2, 0.25) is 0 Å². The summed E-state index contributed by atoms with van der Waals surface area (Å²) in [5.74, 6) is 0. The maximum Gasteiger partial charge on any atom is 1.00 e. The third kappa shape index (κ3) is 62.9. The summed E-state index contributed by atoms with van der Waals surface area (Å²) in [6.07, 6.45) is 0. The van der Waals surface area contributed by atoms with Crippen LogP contribution in [-0.2, 0) is 20.2 Å². The van der Waals surface area contributed by atoms with Gasteiger partial charge in [-0.25, -0.2) is 0 Å². The Labute approximate surface area is 97.9 Å². The zero-order valence-corrected chi connectivity index (χ0v) is 9.38. The molecule has 7 heteroatoms. The molecule has 0 aromatic carbocycles. The van der Waals surface area contributed by atoms with Gasteiger partial charge >= 0.3 is 51.4 Å². The predicted molar refractivity (Wildman–Crippen MR) is 32.3 cm³/mol. The van der Waals surface area contributed by atoms with Crippen molar-refractivity contribution < 1.29 is 66.1 Å². The van der Waals surface area contributed by atoms with Gasteiger partial charge in [-0.3, -0.25) is 9.11 Å². The van der Waals surface area contributed by atoms with E-state index in [9.17, 15) is 0 Å². The molecule has 0 aliphatic rings. The smallest absolute Gasteiger partial charge is 1.00 e. The Morgan fingerprint density at radius 1 is 1.57 bits per heavy atom. The fraction of sp³-hybridized carbons (Fsp3) is 0. The third-order valence-corrected chi connectivity index (χ3v) is 0. The molecule has 0 aliphatic carbocycles. The van der Waals surface area contributed by atoms with Crippen LogP contribution in [0.25, 0.3) is 0 Å². The van der Waals surface area contributed by atoms with Crippen molar-refractivity contribution in [1.29, 1.82) is 0 Å². The SMILES string of the molecule is O=S(O)(O)=S.S.[H-].[K+]. The van der Waals surface area contributed by atoms with Gasteiger partial charge in [-0.1, -0.05) is 0 Å². The molecule has 0 fully saturated rings. The van der Waals surface area contributed by atoms with E-state index in [-0.39, 0.29) is 66.3 Å². The van der Waals surface area contributed by atoms with E-state index in [0.29, 0.717) is 0 Å². The summed E-state index contributed by atoms with van der Waals surface area (Å²) in [6, 6.07) is 0. The van der Waals surface area contributed by atoms with Crippen LogP contribution in [-0.4, -0.2) is 13.3 Å². The molecular weight excluding hydrogens is 183 g/mol. The first-order valence-electron chi connectivity index (χ1n) is 0.698. The van der Waals surface area contributed by atoms with Crippen molar-refractivity contribution in [2.75, 3.05) is 0 Å². The van der Waals surface area contributed by atoms with Crippen molar-refractivity contribution >= 4 is 33.7 Å². The maximum atomic E-state index is 9.11. The second kappa shape index (κ2) is 6.40. The normalized spacial score (nSPS) is 8.29. The van der Waals surface area contributed by atoms with Crippen molar-refractivity contribution in [3.05, 3.63) is 0 Å². The minimum atomic E-state index is -3.83. The van der Waals surface area contributed by atoms with Crippen LogP contribution >= 0.6 is 13.5 Å². The van der Waals surface area contributed by atoms with Gasteiger partial charge in [0.1, 0.15) is 0 Å². The Hall–Kier alpha value is 2.28. The molecule has 0 heterocycles. The molecule has 0 atom stereocenters. The van der Waals surface area contributed by atoms with Crippen LogP contribution in [0.1, 0.15) is 1.43 Å². The number of hydrogen-bond acceptors (Lipinski definition) is 2. The summed E-state index contributed by atoms with van der Waals surface area (Å²) in [5.41, 5.74) is 0. The predicted octanol–water partition coefficient (Wildman–Crippen LogP) is -3.09. The van der Waals surface area contributed by atoms with Crippen LogP contribution in [0.5, 0.6) is 0 Å². The molecule has 3 nitrogen and oxygen atoms in total. The summed E-state index contributed by atoms with van der Waals surface area (Å²) in [6.45, 7) is 0. The van der Waals surface area contributed by atoms with Crippen LogP contribution in [0.15, 0.2) is 0 Å². The minimum absolute atomic E-state index is 0.